The van der Waals surface area contributed by atoms with Crippen molar-refractivity contribution in [2.24, 2.45) is 5.73 Å². The third-order valence-electron chi connectivity index (χ3n) is 3.18. The van der Waals surface area contributed by atoms with Gasteiger partial charge in [0.1, 0.15) is 0 Å². The van der Waals surface area contributed by atoms with Crippen LogP contribution in [0.2, 0.25) is 0 Å². The monoisotopic (exact) mass is 280 g/mol. The number of hydrogen-bond donors (Lipinski definition) is 3. The summed E-state index contributed by atoms with van der Waals surface area (Å²) in [7, 11) is 0. The molecule has 1 amide bonds. The van der Waals surface area contributed by atoms with E-state index in [-0.39, 0.29) is 0 Å². The van der Waals surface area contributed by atoms with Gasteiger partial charge in [0, 0.05) is 49.1 Å². The lowest BCUT2D eigenvalue weighted by Gasteiger charge is -2.26. The van der Waals surface area contributed by atoms with E-state index in [0.717, 1.165) is 31.9 Å². The summed E-state index contributed by atoms with van der Waals surface area (Å²) >= 11 is 2.01. The molecular formula is C13H20N4OS. The molecule has 1 heterocycles. The van der Waals surface area contributed by atoms with Crippen LogP contribution in [0.15, 0.2) is 18.2 Å². The molecule has 1 fully saturated rings. The largest absolute Gasteiger partial charge is 0.398 e. The maximum Gasteiger partial charge on any atom is 0.250 e. The third-order valence-corrected chi connectivity index (χ3v) is 4.12. The van der Waals surface area contributed by atoms with Crippen LogP contribution in [0.3, 0.4) is 0 Å². The van der Waals surface area contributed by atoms with E-state index >= 15 is 0 Å². The predicted molar refractivity (Wildman–Crippen MR) is 81.6 cm³/mol. The van der Waals surface area contributed by atoms with Gasteiger partial charge < -0.3 is 16.8 Å². The molecule has 0 aliphatic carbocycles. The molecule has 0 aromatic heterocycles. The molecule has 6 heteroatoms. The van der Waals surface area contributed by atoms with Gasteiger partial charge in [0.15, 0.2) is 0 Å². The minimum absolute atomic E-state index is 0.374. The number of rotatable bonds is 5. The molecule has 19 heavy (non-hydrogen) atoms. The number of anilines is 2. The molecule has 1 saturated heterocycles. The normalized spacial score (nSPS) is 16.2. The van der Waals surface area contributed by atoms with Crippen LogP contribution in [0.25, 0.3) is 0 Å². The number of amides is 1. The SMILES string of the molecule is NC(=O)c1cc(NCCN2CCSCC2)ccc1N. The summed E-state index contributed by atoms with van der Waals surface area (Å²) in [5.41, 5.74) is 12.6. The first-order chi connectivity index (χ1) is 9.16. The molecule has 1 aromatic rings. The zero-order chi connectivity index (χ0) is 13.7. The van der Waals surface area contributed by atoms with Gasteiger partial charge in [-0.1, -0.05) is 0 Å². The average Bonchev–Trinajstić information content (AvgIpc) is 2.41. The van der Waals surface area contributed by atoms with E-state index < -0.39 is 5.91 Å². The van der Waals surface area contributed by atoms with Gasteiger partial charge in [-0.25, -0.2) is 0 Å². The molecule has 0 radical (unpaired) electrons. The van der Waals surface area contributed by atoms with Gasteiger partial charge in [0.2, 0.25) is 0 Å². The van der Waals surface area contributed by atoms with Crippen molar-refractivity contribution in [1.82, 2.24) is 4.90 Å². The molecule has 5 nitrogen and oxygen atoms in total. The second-order valence-corrected chi connectivity index (χ2v) is 5.77. The number of nitrogens with one attached hydrogen (secondary N) is 1. The molecule has 2 rings (SSSR count). The van der Waals surface area contributed by atoms with Crippen molar-refractivity contribution in [3.8, 4) is 0 Å². The van der Waals surface area contributed by atoms with Crippen LogP contribution in [0.1, 0.15) is 10.4 Å². The molecule has 1 aliphatic heterocycles. The van der Waals surface area contributed by atoms with Gasteiger partial charge in [0.05, 0.1) is 5.56 Å². The summed E-state index contributed by atoms with van der Waals surface area (Å²) in [6, 6.07) is 5.29. The smallest absolute Gasteiger partial charge is 0.250 e. The zero-order valence-corrected chi connectivity index (χ0v) is 11.7. The van der Waals surface area contributed by atoms with Gasteiger partial charge in [-0.2, -0.15) is 11.8 Å². The number of nitrogens with two attached hydrogens (primary N) is 2. The van der Waals surface area contributed by atoms with E-state index in [9.17, 15) is 4.79 Å². The predicted octanol–water partition coefficient (Wildman–Crippen LogP) is 0.828. The van der Waals surface area contributed by atoms with Crippen LogP contribution in [-0.4, -0.2) is 48.5 Å². The number of thioether (sulfide) groups is 1. The fourth-order valence-corrected chi connectivity index (χ4v) is 3.04. The lowest BCUT2D eigenvalue weighted by atomic mass is 10.1. The van der Waals surface area contributed by atoms with E-state index in [1.54, 1.807) is 12.1 Å². The van der Waals surface area contributed by atoms with Crippen LogP contribution in [-0.2, 0) is 0 Å². The second-order valence-electron chi connectivity index (χ2n) is 4.55. The van der Waals surface area contributed by atoms with E-state index in [2.05, 4.69) is 10.2 Å². The molecule has 0 atom stereocenters. The maximum absolute atomic E-state index is 11.2. The Morgan fingerprint density at radius 3 is 2.79 bits per heavy atom. The molecule has 0 unspecified atom stereocenters. The van der Waals surface area contributed by atoms with Crippen LogP contribution < -0.4 is 16.8 Å². The third kappa shape index (κ3) is 4.04. The van der Waals surface area contributed by atoms with Crippen molar-refractivity contribution in [2.45, 2.75) is 0 Å². The van der Waals surface area contributed by atoms with E-state index in [0.29, 0.717) is 11.3 Å². The molecular weight excluding hydrogens is 260 g/mol. The van der Waals surface area contributed by atoms with Gasteiger partial charge in [-0.15, -0.1) is 0 Å². The van der Waals surface area contributed by atoms with Crippen LogP contribution in [0.4, 0.5) is 11.4 Å². The number of primary amides is 1. The van der Waals surface area contributed by atoms with E-state index in [4.69, 9.17) is 11.5 Å². The molecule has 5 N–H and O–H groups in total. The minimum Gasteiger partial charge on any atom is -0.398 e. The summed E-state index contributed by atoms with van der Waals surface area (Å²) in [6.07, 6.45) is 0. The molecule has 0 saturated carbocycles. The Morgan fingerprint density at radius 2 is 2.11 bits per heavy atom. The Balaban J connectivity index is 1.85. The number of nitrogens with zero attached hydrogens (tertiary/aromatic N) is 1. The van der Waals surface area contributed by atoms with Crippen molar-refractivity contribution in [2.75, 3.05) is 48.7 Å². The highest BCUT2D eigenvalue weighted by molar-refractivity contribution is 7.99. The van der Waals surface area contributed by atoms with E-state index in [1.807, 2.05) is 17.8 Å². The lowest BCUT2D eigenvalue weighted by molar-refractivity contribution is 0.100. The lowest BCUT2D eigenvalue weighted by Crippen LogP contribution is -2.36. The average molecular weight is 280 g/mol. The fourth-order valence-electron chi connectivity index (χ4n) is 2.06. The van der Waals surface area contributed by atoms with Gasteiger partial charge in [-0.3, -0.25) is 9.69 Å². The number of benzene rings is 1. The molecule has 0 spiro atoms. The van der Waals surface area contributed by atoms with Gasteiger partial charge >= 0.3 is 0 Å². The first-order valence-corrected chi connectivity index (χ1v) is 7.55. The standard InChI is InChI=1S/C13H20N4OS/c14-12-2-1-10(9-11(12)13(15)18)16-3-4-17-5-7-19-8-6-17/h1-2,9,16H,3-8,14H2,(H2,15,18). The van der Waals surface area contributed by atoms with Crippen LogP contribution in [0.5, 0.6) is 0 Å². The molecule has 0 bridgehead atoms. The van der Waals surface area contributed by atoms with Gasteiger partial charge in [0.25, 0.3) is 5.91 Å². The van der Waals surface area contributed by atoms with Crippen molar-refractivity contribution >= 4 is 29.0 Å². The van der Waals surface area contributed by atoms with Crippen molar-refractivity contribution in [3.63, 3.8) is 0 Å². The number of nitrogen functional groups attached to an aromatic ring is 1. The highest BCUT2D eigenvalue weighted by Gasteiger charge is 2.10. The van der Waals surface area contributed by atoms with Crippen molar-refractivity contribution < 1.29 is 4.79 Å². The molecule has 1 aromatic carbocycles. The first kappa shape index (κ1) is 14.0. The quantitative estimate of drug-likeness (QED) is 0.696. The zero-order valence-electron chi connectivity index (χ0n) is 10.9. The Morgan fingerprint density at radius 1 is 1.37 bits per heavy atom. The highest BCUT2D eigenvalue weighted by atomic mass is 32.2. The number of carbonyl (C=O) groups is 1. The van der Waals surface area contributed by atoms with Crippen molar-refractivity contribution in [1.29, 1.82) is 0 Å². The maximum atomic E-state index is 11.2. The highest BCUT2D eigenvalue weighted by Crippen LogP contribution is 2.17. The summed E-state index contributed by atoms with van der Waals surface area (Å²) in [6.45, 7) is 4.17. The molecule has 104 valence electrons. The Hall–Kier alpha value is -1.40. The number of carbonyl (C=O) groups excluding carboxylic acids is 1. The van der Waals surface area contributed by atoms with Gasteiger partial charge in [-0.05, 0) is 18.2 Å². The fraction of sp³-hybridized carbons (Fsp3) is 0.462. The molecule has 1 aliphatic rings. The minimum atomic E-state index is -0.491. The first-order valence-electron chi connectivity index (χ1n) is 6.40. The van der Waals surface area contributed by atoms with Crippen molar-refractivity contribution in [3.05, 3.63) is 23.8 Å². The topological polar surface area (TPSA) is 84.4 Å². The number of hydrogen-bond acceptors (Lipinski definition) is 5. The van der Waals surface area contributed by atoms with E-state index in [1.165, 1.54) is 11.5 Å². The summed E-state index contributed by atoms with van der Waals surface area (Å²) in [5.74, 6) is 1.94. The summed E-state index contributed by atoms with van der Waals surface area (Å²) < 4.78 is 0. The summed E-state index contributed by atoms with van der Waals surface area (Å²) in [5, 5.41) is 3.30. The Kier molecular flexibility index (Phi) is 4.93. The van der Waals surface area contributed by atoms with Crippen LogP contribution in [0, 0.1) is 0 Å². The Bertz CT molecular complexity index is 446. The Labute approximate surface area is 117 Å². The van der Waals surface area contributed by atoms with Crippen LogP contribution >= 0.6 is 11.8 Å². The summed E-state index contributed by atoms with van der Waals surface area (Å²) in [4.78, 5) is 13.6. The second kappa shape index (κ2) is 6.68.